The molecule has 0 saturated carbocycles. The van der Waals surface area contributed by atoms with E-state index in [9.17, 15) is 18.0 Å². The maximum atomic E-state index is 14.0. The van der Waals surface area contributed by atoms with Crippen molar-refractivity contribution in [3.63, 3.8) is 0 Å². The third-order valence-corrected chi connectivity index (χ3v) is 8.57. The topological polar surface area (TPSA) is 96.0 Å². The molecule has 0 aliphatic rings. The molecular formula is C29H33Cl2N3O5S. The molecule has 0 aliphatic carbocycles. The lowest BCUT2D eigenvalue weighted by molar-refractivity contribution is -0.140. The third kappa shape index (κ3) is 7.68. The molecule has 3 aromatic rings. The molecule has 0 saturated heterocycles. The summed E-state index contributed by atoms with van der Waals surface area (Å²) in [4.78, 5) is 28.6. The Hall–Kier alpha value is -3.27. The van der Waals surface area contributed by atoms with E-state index >= 15 is 0 Å². The minimum absolute atomic E-state index is 0.0135. The molecule has 214 valence electrons. The minimum atomic E-state index is -4.21. The number of ether oxygens (including phenoxy) is 1. The van der Waals surface area contributed by atoms with Crippen molar-refractivity contribution in [2.75, 3.05) is 18.0 Å². The molecule has 0 heterocycles. The quantitative estimate of drug-likeness (QED) is 0.293. The van der Waals surface area contributed by atoms with Gasteiger partial charge in [0.25, 0.3) is 10.0 Å². The molecule has 2 amide bonds. The summed E-state index contributed by atoms with van der Waals surface area (Å²) in [6, 6.07) is 18.0. The summed E-state index contributed by atoms with van der Waals surface area (Å²) in [5.74, 6) is -0.424. The second-order valence-electron chi connectivity index (χ2n) is 9.36. The molecule has 11 heteroatoms. The Morgan fingerprint density at radius 2 is 1.57 bits per heavy atom. The first-order chi connectivity index (χ1) is 19.0. The number of carbonyl (C=O) groups is 2. The maximum absolute atomic E-state index is 14.0. The van der Waals surface area contributed by atoms with Gasteiger partial charge in [0, 0.05) is 22.6 Å². The molecule has 0 spiro atoms. The highest BCUT2D eigenvalue weighted by atomic mass is 35.5. The van der Waals surface area contributed by atoms with Gasteiger partial charge in [-0.3, -0.25) is 13.9 Å². The lowest BCUT2D eigenvalue weighted by Crippen LogP contribution is -2.53. The summed E-state index contributed by atoms with van der Waals surface area (Å²) in [6.45, 7) is 4.90. The lowest BCUT2D eigenvalue weighted by atomic mass is 10.1. The zero-order valence-electron chi connectivity index (χ0n) is 22.8. The Labute approximate surface area is 245 Å². The number of amides is 2. The average Bonchev–Trinajstić information content (AvgIpc) is 2.92. The number of nitrogens with zero attached hydrogens (tertiary/aromatic N) is 2. The van der Waals surface area contributed by atoms with Crippen LogP contribution in [-0.2, 0) is 26.2 Å². The fourth-order valence-corrected chi connectivity index (χ4v) is 5.86. The van der Waals surface area contributed by atoms with Crippen LogP contribution in [-0.4, -0.2) is 50.9 Å². The number of hydrogen-bond acceptors (Lipinski definition) is 5. The van der Waals surface area contributed by atoms with Crippen LogP contribution in [0.5, 0.6) is 5.75 Å². The summed E-state index contributed by atoms with van der Waals surface area (Å²) in [7, 11) is -2.73. The number of anilines is 1. The Morgan fingerprint density at radius 1 is 0.950 bits per heavy atom. The number of benzene rings is 3. The number of carbonyl (C=O) groups excluding carboxylic acids is 2. The van der Waals surface area contributed by atoms with E-state index in [4.69, 9.17) is 27.9 Å². The van der Waals surface area contributed by atoms with Gasteiger partial charge < -0.3 is 15.0 Å². The van der Waals surface area contributed by atoms with Crippen molar-refractivity contribution in [2.24, 2.45) is 0 Å². The number of halogens is 2. The van der Waals surface area contributed by atoms with Gasteiger partial charge in [-0.15, -0.1) is 0 Å². The minimum Gasteiger partial charge on any atom is -0.497 e. The van der Waals surface area contributed by atoms with Crippen LogP contribution in [0.4, 0.5) is 5.69 Å². The Morgan fingerprint density at radius 3 is 2.12 bits per heavy atom. The predicted octanol–water partition coefficient (Wildman–Crippen LogP) is 5.53. The van der Waals surface area contributed by atoms with Crippen molar-refractivity contribution in [3.05, 3.63) is 88.4 Å². The van der Waals surface area contributed by atoms with Crippen LogP contribution in [0, 0.1) is 0 Å². The van der Waals surface area contributed by atoms with Crippen molar-refractivity contribution in [1.29, 1.82) is 0 Å². The summed E-state index contributed by atoms with van der Waals surface area (Å²) in [6.07, 6.45) is 0.306. The number of hydrogen-bond donors (Lipinski definition) is 1. The SMILES string of the molecule is CCC(C(=O)NC(C)C)N(Cc1ccccc1Cl)C(=O)CN(c1ccc(Cl)cc1)S(=O)(=O)c1ccc(OC)cc1. The van der Waals surface area contributed by atoms with Crippen LogP contribution >= 0.6 is 23.2 Å². The van der Waals surface area contributed by atoms with Crippen molar-refractivity contribution >= 4 is 50.7 Å². The van der Waals surface area contributed by atoms with Crippen LogP contribution in [0.25, 0.3) is 0 Å². The molecule has 0 aromatic heterocycles. The highest BCUT2D eigenvalue weighted by Crippen LogP contribution is 2.28. The Bertz CT molecular complexity index is 1410. The van der Waals surface area contributed by atoms with Crippen molar-refractivity contribution in [2.45, 2.75) is 50.7 Å². The van der Waals surface area contributed by atoms with Crippen LogP contribution in [0.2, 0.25) is 10.0 Å². The largest absolute Gasteiger partial charge is 0.497 e. The number of methoxy groups -OCH3 is 1. The van der Waals surface area contributed by atoms with Crippen LogP contribution in [0.1, 0.15) is 32.8 Å². The van der Waals surface area contributed by atoms with Gasteiger partial charge in [0.1, 0.15) is 18.3 Å². The van der Waals surface area contributed by atoms with Crippen molar-refractivity contribution in [3.8, 4) is 5.75 Å². The van der Waals surface area contributed by atoms with E-state index < -0.39 is 28.5 Å². The molecule has 0 radical (unpaired) electrons. The highest BCUT2D eigenvalue weighted by molar-refractivity contribution is 7.92. The highest BCUT2D eigenvalue weighted by Gasteiger charge is 2.34. The van der Waals surface area contributed by atoms with Crippen LogP contribution < -0.4 is 14.4 Å². The molecule has 40 heavy (non-hydrogen) atoms. The molecule has 1 unspecified atom stereocenters. The van der Waals surface area contributed by atoms with Crippen molar-refractivity contribution in [1.82, 2.24) is 10.2 Å². The molecule has 0 fully saturated rings. The first-order valence-electron chi connectivity index (χ1n) is 12.7. The summed E-state index contributed by atoms with van der Waals surface area (Å²) >= 11 is 12.5. The Kier molecular flexibility index (Phi) is 10.8. The van der Waals surface area contributed by atoms with Crippen LogP contribution in [0.3, 0.4) is 0 Å². The van der Waals surface area contributed by atoms with E-state index in [2.05, 4.69) is 5.32 Å². The first-order valence-corrected chi connectivity index (χ1v) is 14.9. The number of nitrogens with one attached hydrogen (secondary N) is 1. The van der Waals surface area contributed by atoms with Gasteiger partial charge in [0.15, 0.2) is 0 Å². The molecular weight excluding hydrogens is 573 g/mol. The molecule has 3 rings (SSSR count). The molecule has 1 atom stereocenters. The van der Waals surface area contributed by atoms with E-state index in [1.165, 1.54) is 48.4 Å². The first kappa shape index (κ1) is 31.3. The van der Waals surface area contributed by atoms with Gasteiger partial charge in [0.05, 0.1) is 17.7 Å². The lowest BCUT2D eigenvalue weighted by Gasteiger charge is -2.33. The van der Waals surface area contributed by atoms with Gasteiger partial charge in [-0.05, 0) is 80.4 Å². The van der Waals surface area contributed by atoms with E-state index in [1.54, 1.807) is 43.3 Å². The second-order valence-corrected chi connectivity index (χ2v) is 12.1. The fourth-order valence-electron chi connectivity index (χ4n) is 4.12. The molecule has 0 bridgehead atoms. The van der Waals surface area contributed by atoms with Crippen molar-refractivity contribution < 1.29 is 22.7 Å². The third-order valence-electron chi connectivity index (χ3n) is 6.16. The fraction of sp³-hybridized carbons (Fsp3) is 0.310. The van der Waals surface area contributed by atoms with E-state index in [-0.39, 0.29) is 29.1 Å². The molecule has 1 N–H and O–H groups in total. The van der Waals surface area contributed by atoms with E-state index in [1.807, 2.05) is 13.8 Å². The maximum Gasteiger partial charge on any atom is 0.264 e. The van der Waals surface area contributed by atoms with Gasteiger partial charge in [-0.2, -0.15) is 0 Å². The van der Waals surface area contributed by atoms with Gasteiger partial charge in [0.2, 0.25) is 11.8 Å². The standard InChI is InChI=1S/C29H33Cl2N3O5S/c1-5-27(29(36)32-20(2)3)33(18-21-8-6-7-9-26(21)31)28(35)19-34(23-12-10-22(30)11-13-23)40(37,38)25-16-14-24(39-4)15-17-25/h6-17,20,27H,5,18-19H2,1-4H3,(H,32,36). The smallest absolute Gasteiger partial charge is 0.264 e. The molecule has 3 aromatic carbocycles. The normalized spacial score (nSPS) is 12.1. The zero-order chi connectivity index (χ0) is 29.4. The van der Waals surface area contributed by atoms with Gasteiger partial charge >= 0.3 is 0 Å². The number of sulfonamides is 1. The number of rotatable bonds is 12. The average molecular weight is 607 g/mol. The predicted molar refractivity (Wildman–Crippen MR) is 158 cm³/mol. The van der Waals surface area contributed by atoms with Gasteiger partial charge in [-0.25, -0.2) is 8.42 Å². The monoisotopic (exact) mass is 605 g/mol. The Balaban J connectivity index is 2.07. The van der Waals surface area contributed by atoms with Gasteiger partial charge in [-0.1, -0.05) is 48.3 Å². The summed E-state index contributed by atoms with van der Waals surface area (Å²) in [5, 5.41) is 3.70. The zero-order valence-corrected chi connectivity index (χ0v) is 25.1. The van der Waals surface area contributed by atoms with Crippen LogP contribution in [0.15, 0.2) is 77.7 Å². The second kappa shape index (κ2) is 13.9. The molecule has 0 aliphatic heterocycles. The van der Waals surface area contributed by atoms with E-state index in [0.29, 0.717) is 27.8 Å². The molecule has 8 nitrogen and oxygen atoms in total. The summed E-state index contributed by atoms with van der Waals surface area (Å²) < 4.78 is 33.9. The van der Waals surface area contributed by atoms with E-state index in [0.717, 1.165) is 4.31 Å². The summed E-state index contributed by atoms with van der Waals surface area (Å²) in [5.41, 5.74) is 0.871.